The van der Waals surface area contributed by atoms with Crippen molar-refractivity contribution in [2.45, 2.75) is 0 Å². The van der Waals surface area contributed by atoms with Gasteiger partial charge in [0.1, 0.15) is 12.4 Å². The summed E-state index contributed by atoms with van der Waals surface area (Å²) in [6, 6.07) is 0. The van der Waals surface area contributed by atoms with Crippen LogP contribution in [0.3, 0.4) is 0 Å². The molecule has 7 nitrogen and oxygen atoms in total. The van der Waals surface area contributed by atoms with Gasteiger partial charge in [0, 0.05) is 0 Å². The maximum atomic E-state index is 10.1. The summed E-state index contributed by atoms with van der Waals surface area (Å²) in [5.74, 6) is 0. The first-order valence-electron chi connectivity index (χ1n) is 2.40. The van der Waals surface area contributed by atoms with Gasteiger partial charge in [-0.05, 0) is 0 Å². The molecular weight excluding hydrogens is 174 g/mol. The molecule has 0 aliphatic rings. The van der Waals surface area contributed by atoms with Crippen LogP contribution in [-0.2, 0) is 11.3 Å². The quantitative estimate of drug-likeness (QED) is 0.341. The lowest BCUT2D eigenvalue weighted by molar-refractivity contribution is -0.384. The Kier molecular flexibility index (Phi) is 1.96. The molecule has 8 heteroatoms. The van der Waals surface area contributed by atoms with E-state index in [2.05, 4.69) is 5.10 Å². The van der Waals surface area contributed by atoms with Gasteiger partial charge in [-0.1, -0.05) is 0 Å². The van der Waals surface area contributed by atoms with Crippen molar-refractivity contribution < 1.29 is 13.7 Å². The fourth-order valence-electron chi connectivity index (χ4n) is 0.472. The Labute approximate surface area is 63.2 Å². The molecule has 0 fully saturated rings. The highest BCUT2D eigenvalue weighted by Gasteiger charge is 2.07. The zero-order valence-electron chi connectivity index (χ0n) is 5.04. The third-order valence-electron chi connectivity index (χ3n) is 0.910. The van der Waals surface area contributed by atoms with Crippen molar-refractivity contribution in [2.24, 2.45) is 0 Å². The lowest BCUT2D eigenvalue weighted by Gasteiger charge is -2.00. The molecule has 60 valence electrons. The first-order chi connectivity index (χ1) is 5.11. The lowest BCUT2D eigenvalue weighted by Crippen LogP contribution is -2.02. The van der Waals surface area contributed by atoms with Crippen LogP contribution in [0, 0.1) is 10.1 Å². The van der Waals surface area contributed by atoms with Crippen molar-refractivity contribution >= 4 is 17.0 Å². The lowest BCUT2D eigenvalue weighted by atomic mass is 10.6. The molecule has 1 atom stereocenters. The van der Waals surface area contributed by atoms with Crippen molar-refractivity contribution in [3.63, 3.8) is 0 Å². The van der Waals surface area contributed by atoms with Gasteiger partial charge in [0.05, 0.1) is 16.2 Å². The second-order valence-electron chi connectivity index (χ2n) is 1.58. The molecule has 0 aliphatic heterocycles. The highest BCUT2D eigenvalue weighted by molar-refractivity contribution is 7.77. The van der Waals surface area contributed by atoms with Crippen LogP contribution in [0.1, 0.15) is 0 Å². The van der Waals surface area contributed by atoms with Crippen LogP contribution in [0.15, 0.2) is 12.4 Å². The Morgan fingerprint density at radius 1 is 1.73 bits per heavy atom. The Balaban J connectivity index is 2.99. The van der Waals surface area contributed by atoms with E-state index < -0.39 is 16.2 Å². The molecule has 11 heavy (non-hydrogen) atoms. The minimum atomic E-state index is -2.57. The van der Waals surface area contributed by atoms with Crippen LogP contribution in [0.25, 0.3) is 0 Å². The van der Waals surface area contributed by atoms with E-state index in [1.807, 2.05) is 0 Å². The Hall–Kier alpha value is -1.28. The Morgan fingerprint density at radius 2 is 2.36 bits per heavy atom. The van der Waals surface area contributed by atoms with E-state index in [0.29, 0.717) is 4.09 Å². The third-order valence-corrected chi connectivity index (χ3v) is 1.42. The smallest absolute Gasteiger partial charge is 0.308 e. The van der Waals surface area contributed by atoms with Crippen LogP contribution >= 0.6 is 0 Å². The maximum Gasteiger partial charge on any atom is 0.308 e. The largest absolute Gasteiger partial charge is 0.754 e. The number of hydrogen-bond donors (Lipinski definition) is 0. The molecule has 0 N–H and O–H groups in total. The minimum absolute atomic E-state index is 0.353. The minimum Gasteiger partial charge on any atom is -0.754 e. The first kappa shape index (κ1) is 7.82. The molecular formula is C3H2N3O4S-. The molecule has 0 saturated carbocycles. The van der Waals surface area contributed by atoms with E-state index in [4.69, 9.17) is 0 Å². The van der Waals surface area contributed by atoms with E-state index in [9.17, 15) is 18.9 Å². The fraction of sp³-hybridized carbons (Fsp3) is 0. The van der Waals surface area contributed by atoms with Crippen LogP contribution in [0.4, 0.5) is 5.69 Å². The second kappa shape index (κ2) is 2.76. The van der Waals surface area contributed by atoms with Gasteiger partial charge in [-0.3, -0.25) is 14.3 Å². The van der Waals surface area contributed by atoms with E-state index in [0.717, 1.165) is 12.4 Å². The summed E-state index contributed by atoms with van der Waals surface area (Å²) in [5, 5.41) is 13.2. The highest BCUT2D eigenvalue weighted by atomic mass is 32.2. The number of rotatable bonds is 2. The molecule has 1 aromatic rings. The third kappa shape index (κ3) is 1.59. The summed E-state index contributed by atoms with van der Waals surface area (Å²) in [5.41, 5.74) is -0.353. The molecule has 0 amide bonds. The Morgan fingerprint density at radius 3 is 2.64 bits per heavy atom. The SMILES string of the molecule is O=[N+]([O-])c1cnn(S(=O)[O-])c1. The number of nitrogens with zero attached hydrogens (tertiary/aromatic N) is 3. The van der Waals surface area contributed by atoms with E-state index in [1.165, 1.54) is 0 Å². The molecule has 0 spiro atoms. The van der Waals surface area contributed by atoms with E-state index in [-0.39, 0.29) is 5.69 Å². The average molecular weight is 176 g/mol. The van der Waals surface area contributed by atoms with Gasteiger partial charge in [0.25, 0.3) is 0 Å². The van der Waals surface area contributed by atoms with Gasteiger partial charge in [-0.25, -0.2) is 0 Å². The molecule has 0 aliphatic carbocycles. The molecule has 1 heterocycles. The number of aromatic nitrogens is 2. The van der Waals surface area contributed by atoms with E-state index >= 15 is 0 Å². The van der Waals surface area contributed by atoms with Crippen molar-refractivity contribution in [3.05, 3.63) is 22.5 Å². The van der Waals surface area contributed by atoms with Gasteiger partial charge in [-0.15, -0.1) is 0 Å². The maximum absolute atomic E-state index is 10.1. The fourth-order valence-corrected chi connectivity index (χ4v) is 0.790. The molecule has 1 aromatic heterocycles. The monoisotopic (exact) mass is 176 g/mol. The summed E-state index contributed by atoms with van der Waals surface area (Å²) in [7, 11) is 0. The zero-order valence-corrected chi connectivity index (χ0v) is 5.85. The molecule has 1 rings (SSSR count). The standard InChI is InChI=1S/C3H3N3O4S/c7-6(8)3-1-4-5(2-3)11(9)10/h1-2H,(H,9,10)/p-1. The number of nitro groups is 1. The average Bonchev–Trinajstić information content (AvgIpc) is 2.33. The van der Waals surface area contributed by atoms with Crippen molar-refractivity contribution in [1.29, 1.82) is 0 Å². The van der Waals surface area contributed by atoms with E-state index in [1.54, 1.807) is 0 Å². The predicted octanol–water partition coefficient (Wildman–Crippen LogP) is -0.567. The summed E-state index contributed by atoms with van der Waals surface area (Å²) in [6.45, 7) is 0. The van der Waals surface area contributed by atoms with Gasteiger partial charge in [-0.2, -0.15) is 9.19 Å². The van der Waals surface area contributed by atoms with Gasteiger partial charge in [0.15, 0.2) is 0 Å². The summed E-state index contributed by atoms with van der Waals surface area (Å²) >= 11 is -2.57. The molecule has 0 aromatic carbocycles. The zero-order chi connectivity index (χ0) is 8.43. The number of hydrogen-bond acceptors (Lipinski definition) is 5. The van der Waals surface area contributed by atoms with Crippen molar-refractivity contribution in [3.8, 4) is 0 Å². The summed E-state index contributed by atoms with van der Waals surface area (Å²) in [4.78, 5) is 9.26. The summed E-state index contributed by atoms with van der Waals surface area (Å²) < 4.78 is 20.7. The van der Waals surface area contributed by atoms with Crippen LogP contribution in [0.5, 0.6) is 0 Å². The summed E-state index contributed by atoms with van der Waals surface area (Å²) in [6.07, 6.45) is 1.67. The normalized spacial score (nSPS) is 12.8. The molecule has 0 radical (unpaired) electrons. The van der Waals surface area contributed by atoms with Crippen LogP contribution in [0.2, 0.25) is 0 Å². The second-order valence-corrected chi connectivity index (χ2v) is 2.38. The predicted molar refractivity (Wildman–Crippen MR) is 33.2 cm³/mol. The van der Waals surface area contributed by atoms with Crippen molar-refractivity contribution in [2.75, 3.05) is 0 Å². The first-order valence-corrected chi connectivity index (χ1v) is 3.43. The van der Waals surface area contributed by atoms with Crippen LogP contribution < -0.4 is 0 Å². The highest BCUT2D eigenvalue weighted by Crippen LogP contribution is 2.07. The van der Waals surface area contributed by atoms with Crippen molar-refractivity contribution in [1.82, 2.24) is 9.19 Å². The molecule has 1 unspecified atom stereocenters. The Bertz CT molecular complexity index is 279. The van der Waals surface area contributed by atoms with Gasteiger partial charge >= 0.3 is 5.69 Å². The molecule has 0 bridgehead atoms. The topological polar surface area (TPSA) is 101 Å². The van der Waals surface area contributed by atoms with Gasteiger partial charge in [0.2, 0.25) is 0 Å². The van der Waals surface area contributed by atoms with Crippen LogP contribution in [-0.4, -0.2) is 22.9 Å². The van der Waals surface area contributed by atoms with Gasteiger partial charge < -0.3 is 4.55 Å². The molecule has 0 saturated heterocycles.